The summed E-state index contributed by atoms with van der Waals surface area (Å²) in [5.74, 6) is 0.570. The van der Waals surface area contributed by atoms with E-state index in [-0.39, 0.29) is 5.82 Å². The lowest BCUT2D eigenvalue weighted by molar-refractivity contribution is 0.627. The number of aryl methyl sites for hydroxylation is 2. The molecule has 1 N–H and O–H groups in total. The highest BCUT2D eigenvalue weighted by Crippen LogP contribution is 2.25. The van der Waals surface area contributed by atoms with Gasteiger partial charge < -0.3 is 4.98 Å². The van der Waals surface area contributed by atoms with Gasteiger partial charge in [-0.2, -0.15) is 0 Å². The summed E-state index contributed by atoms with van der Waals surface area (Å²) in [6, 6.07) is 10.8. The monoisotopic (exact) mass is 240 g/mol. The van der Waals surface area contributed by atoms with Gasteiger partial charge in [0.2, 0.25) is 0 Å². The lowest BCUT2D eigenvalue weighted by atomic mass is 10.1. The lowest BCUT2D eigenvalue weighted by Gasteiger charge is -2.01. The van der Waals surface area contributed by atoms with E-state index in [9.17, 15) is 4.39 Å². The number of nitrogens with zero attached hydrogens (tertiary/aromatic N) is 1. The molecule has 0 unspecified atom stereocenters. The molecule has 18 heavy (non-hydrogen) atoms. The maximum Gasteiger partial charge on any atom is 0.138 e. The van der Waals surface area contributed by atoms with Crippen LogP contribution in [0, 0.1) is 19.7 Å². The molecule has 1 aromatic heterocycles. The SMILES string of the molecule is Cc1cc(F)ccc1-c1nc2c(C)cccc2[nH]1. The Labute approximate surface area is 104 Å². The van der Waals surface area contributed by atoms with E-state index < -0.39 is 0 Å². The summed E-state index contributed by atoms with van der Waals surface area (Å²) in [6.45, 7) is 3.92. The van der Waals surface area contributed by atoms with Gasteiger partial charge in [0.1, 0.15) is 11.6 Å². The molecule has 2 aromatic carbocycles. The Bertz CT molecular complexity index is 728. The van der Waals surface area contributed by atoms with Crippen molar-refractivity contribution in [3.63, 3.8) is 0 Å². The van der Waals surface area contributed by atoms with Crippen LogP contribution in [-0.4, -0.2) is 9.97 Å². The Morgan fingerprint density at radius 3 is 2.61 bits per heavy atom. The topological polar surface area (TPSA) is 28.7 Å². The molecule has 3 aromatic rings. The van der Waals surface area contributed by atoms with Crippen molar-refractivity contribution in [3.05, 3.63) is 53.3 Å². The standard InChI is InChI=1S/C15H13FN2/c1-9-4-3-5-13-14(9)18-15(17-13)12-7-6-11(16)8-10(12)2/h3-8H,1-2H3,(H,17,18). The third-order valence-corrected chi connectivity index (χ3v) is 3.16. The second-order valence-electron chi connectivity index (χ2n) is 4.52. The minimum Gasteiger partial charge on any atom is -0.338 e. The van der Waals surface area contributed by atoms with E-state index in [1.165, 1.54) is 12.1 Å². The number of fused-ring (bicyclic) bond motifs is 1. The molecular weight excluding hydrogens is 227 g/mol. The number of halogens is 1. The fourth-order valence-corrected chi connectivity index (χ4v) is 2.20. The van der Waals surface area contributed by atoms with E-state index in [0.717, 1.165) is 33.5 Å². The first kappa shape index (κ1) is 11.0. The first-order valence-corrected chi connectivity index (χ1v) is 5.87. The molecule has 0 atom stereocenters. The summed E-state index contributed by atoms with van der Waals surface area (Å²) in [6.07, 6.45) is 0. The molecule has 0 fully saturated rings. The molecular formula is C15H13FN2. The summed E-state index contributed by atoms with van der Waals surface area (Å²) in [5, 5.41) is 0. The predicted molar refractivity (Wildman–Crippen MR) is 71.0 cm³/mol. The molecule has 0 aliphatic heterocycles. The first-order valence-electron chi connectivity index (χ1n) is 5.87. The second-order valence-corrected chi connectivity index (χ2v) is 4.52. The number of nitrogens with one attached hydrogen (secondary N) is 1. The average molecular weight is 240 g/mol. The van der Waals surface area contributed by atoms with E-state index in [1.54, 1.807) is 6.07 Å². The number of rotatable bonds is 1. The molecule has 90 valence electrons. The van der Waals surface area contributed by atoms with Crippen molar-refractivity contribution in [1.82, 2.24) is 9.97 Å². The summed E-state index contributed by atoms with van der Waals surface area (Å²) in [7, 11) is 0. The van der Waals surface area contributed by atoms with Gasteiger partial charge in [0.15, 0.2) is 0 Å². The molecule has 0 spiro atoms. The lowest BCUT2D eigenvalue weighted by Crippen LogP contribution is -1.86. The normalized spacial score (nSPS) is 11.1. The smallest absolute Gasteiger partial charge is 0.138 e. The van der Waals surface area contributed by atoms with Crippen molar-refractivity contribution >= 4 is 11.0 Å². The van der Waals surface area contributed by atoms with Crippen molar-refractivity contribution < 1.29 is 4.39 Å². The van der Waals surface area contributed by atoms with Crippen LogP contribution in [0.15, 0.2) is 36.4 Å². The number of hydrogen-bond acceptors (Lipinski definition) is 1. The summed E-state index contributed by atoms with van der Waals surface area (Å²) < 4.78 is 13.1. The molecule has 0 amide bonds. The highest BCUT2D eigenvalue weighted by Gasteiger charge is 2.09. The molecule has 0 radical (unpaired) electrons. The molecule has 3 rings (SSSR count). The predicted octanol–water partition coefficient (Wildman–Crippen LogP) is 3.99. The van der Waals surface area contributed by atoms with Crippen molar-refractivity contribution in [3.8, 4) is 11.4 Å². The zero-order valence-corrected chi connectivity index (χ0v) is 10.3. The van der Waals surface area contributed by atoms with Gasteiger partial charge in [0.25, 0.3) is 0 Å². The number of aromatic amines is 1. The Kier molecular flexibility index (Phi) is 2.40. The number of aromatic nitrogens is 2. The van der Waals surface area contributed by atoms with Crippen LogP contribution in [0.25, 0.3) is 22.4 Å². The Balaban J connectivity index is 2.23. The molecule has 0 aliphatic rings. The zero-order valence-electron chi connectivity index (χ0n) is 10.3. The zero-order chi connectivity index (χ0) is 12.7. The number of para-hydroxylation sites is 1. The number of imidazole rings is 1. The third kappa shape index (κ3) is 1.68. The van der Waals surface area contributed by atoms with Crippen LogP contribution in [0.2, 0.25) is 0 Å². The largest absolute Gasteiger partial charge is 0.338 e. The van der Waals surface area contributed by atoms with Gasteiger partial charge in [-0.05, 0) is 49.2 Å². The van der Waals surface area contributed by atoms with E-state index in [1.807, 2.05) is 32.0 Å². The van der Waals surface area contributed by atoms with Crippen LogP contribution in [0.4, 0.5) is 4.39 Å². The van der Waals surface area contributed by atoms with E-state index in [4.69, 9.17) is 0 Å². The van der Waals surface area contributed by atoms with E-state index in [2.05, 4.69) is 9.97 Å². The van der Waals surface area contributed by atoms with Crippen molar-refractivity contribution in [2.45, 2.75) is 13.8 Å². The molecule has 0 bridgehead atoms. The van der Waals surface area contributed by atoms with E-state index in [0.29, 0.717) is 0 Å². The van der Waals surface area contributed by atoms with Gasteiger partial charge in [-0.3, -0.25) is 0 Å². The van der Waals surface area contributed by atoms with Crippen LogP contribution >= 0.6 is 0 Å². The van der Waals surface area contributed by atoms with Crippen LogP contribution in [0.1, 0.15) is 11.1 Å². The Morgan fingerprint density at radius 1 is 1.06 bits per heavy atom. The minimum absolute atomic E-state index is 0.219. The van der Waals surface area contributed by atoms with Gasteiger partial charge in [-0.15, -0.1) is 0 Å². The summed E-state index contributed by atoms with van der Waals surface area (Å²) in [4.78, 5) is 7.87. The molecule has 2 nitrogen and oxygen atoms in total. The first-order chi connectivity index (χ1) is 8.65. The highest BCUT2D eigenvalue weighted by molar-refractivity contribution is 5.82. The van der Waals surface area contributed by atoms with Gasteiger partial charge >= 0.3 is 0 Å². The minimum atomic E-state index is -0.219. The number of H-pyrrole nitrogens is 1. The maximum absolute atomic E-state index is 13.1. The quantitative estimate of drug-likeness (QED) is 0.684. The molecule has 0 saturated heterocycles. The Hall–Kier alpha value is -2.16. The molecule has 0 aliphatic carbocycles. The van der Waals surface area contributed by atoms with Crippen LogP contribution < -0.4 is 0 Å². The van der Waals surface area contributed by atoms with Crippen LogP contribution in [0.3, 0.4) is 0 Å². The number of benzene rings is 2. The van der Waals surface area contributed by atoms with Gasteiger partial charge in [-0.1, -0.05) is 12.1 Å². The number of hydrogen-bond donors (Lipinski definition) is 1. The van der Waals surface area contributed by atoms with Crippen LogP contribution in [0.5, 0.6) is 0 Å². The van der Waals surface area contributed by atoms with Crippen LogP contribution in [-0.2, 0) is 0 Å². The second kappa shape index (κ2) is 3.95. The molecule has 3 heteroatoms. The van der Waals surface area contributed by atoms with Gasteiger partial charge in [0.05, 0.1) is 11.0 Å². The van der Waals surface area contributed by atoms with Crippen molar-refractivity contribution in [2.75, 3.05) is 0 Å². The van der Waals surface area contributed by atoms with Crippen molar-refractivity contribution in [2.24, 2.45) is 0 Å². The average Bonchev–Trinajstić information content (AvgIpc) is 2.74. The molecule has 1 heterocycles. The maximum atomic E-state index is 13.1. The van der Waals surface area contributed by atoms with Crippen molar-refractivity contribution in [1.29, 1.82) is 0 Å². The van der Waals surface area contributed by atoms with E-state index >= 15 is 0 Å². The third-order valence-electron chi connectivity index (χ3n) is 3.16. The summed E-state index contributed by atoms with van der Waals surface area (Å²) >= 11 is 0. The highest BCUT2D eigenvalue weighted by atomic mass is 19.1. The Morgan fingerprint density at radius 2 is 1.89 bits per heavy atom. The van der Waals surface area contributed by atoms with Gasteiger partial charge in [0, 0.05) is 5.56 Å². The fraction of sp³-hybridized carbons (Fsp3) is 0.133. The molecule has 0 saturated carbocycles. The van der Waals surface area contributed by atoms with Gasteiger partial charge in [-0.25, -0.2) is 9.37 Å². The fourth-order valence-electron chi connectivity index (χ4n) is 2.20. The summed E-state index contributed by atoms with van der Waals surface area (Å²) in [5.41, 5.74) is 4.93.